The van der Waals surface area contributed by atoms with Gasteiger partial charge in [-0.2, -0.15) is 13.2 Å². The Balaban J connectivity index is 2.57. The maximum Gasteiger partial charge on any atom is 0.411 e. The minimum atomic E-state index is -4.39. The quantitative estimate of drug-likeness (QED) is 0.666. The number of hydrogen-bond donors (Lipinski definition) is 1. The third-order valence-electron chi connectivity index (χ3n) is 1.99. The third kappa shape index (κ3) is 5.12. The Bertz CT molecular complexity index is 394. The fourth-order valence-electron chi connectivity index (χ4n) is 1.24. The van der Waals surface area contributed by atoms with Crippen LogP contribution in [0.4, 0.5) is 13.2 Å². The molecular weight excluding hydrogens is 273 g/mol. The average Bonchev–Trinajstić information content (AvgIpc) is 2.24. The first-order valence-electron chi connectivity index (χ1n) is 5.04. The summed E-state index contributed by atoms with van der Waals surface area (Å²) in [5, 5.41) is 9.85. The Morgan fingerprint density at radius 3 is 2.61 bits per heavy atom. The highest BCUT2D eigenvalue weighted by Gasteiger charge is 2.27. The third-order valence-corrected chi connectivity index (χ3v) is 2.22. The number of benzene rings is 1. The second kappa shape index (κ2) is 6.26. The number of ether oxygens (including phenoxy) is 2. The van der Waals surface area contributed by atoms with Crippen LogP contribution >= 0.6 is 11.6 Å². The van der Waals surface area contributed by atoms with Gasteiger partial charge in [-0.05, 0) is 25.1 Å². The summed E-state index contributed by atoms with van der Waals surface area (Å²) in [5.74, 6) is 0.233. The Hall–Kier alpha value is -0.980. The van der Waals surface area contributed by atoms with E-state index in [1.807, 2.05) is 0 Å². The van der Waals surface area contributed by atoms with E-state index in [1.165, 1.54) is 25.1 Å². The molecule has 0 aliphatic carbocycles. The summed E-state index contributed by atoms with van der Waals surface area (Å²) < 4.78 is 44.7. The van der Waals surface area contributed by atoms with Crippen molar-refractivity contribution in [2.24, 2.45) is 0 Å². The monoisotopic (exact) mass is 284 g/mol. The van der Waals surface area contributed by atoms with E-state index < -0.39 is 25.7 Å². The lowest BCUT2D eigenvalue weighted by Crippen LogP contribution is -2.19. The van der Waals surface area contributed by atoms with Gasteiger partial charge < -0.3 is 14.6 Å². The molecule has 0 aliphatic rings. The molecule has 0 unspecified atom stereocenters. The molecule has 0 amide bonds. The van der Waals surface area contributed by atoms with Crippen molar-refractivity contribution < 1.29 is 27.8 Å². The van der Waals surface area contributed by atoms with E-state index in [0.717, 1.165) is 0 Å². The number of halogens is 4. The molecule has 0 radical (unpaired) electrons. The number of aliphatic hydroxyl groups excluding tert-OH is 1. The van der Waals surface area contributed by atoms with E-state index in [0.29, 0.717) is 10.6 Å². The second-order valence-corrected chi connectivity index (χ2v) is 4.02. The first-order chi connectivity index (χ1) is 8.29. The van der Waals surface area contributed by atoms with Crippen LogP contribution in [0.5, 0.6) is 5.75 Å². The predicted octanol–water partition coefficient (Wildman–Crippen LogP) is 3.31. The molecule has 18 heavy (non-hydrogen) atoms. The highest BCUT2D eigenvalue weighted by molar-refractivity contribution is 6.30. The van der Waals surface area contributed by atoms with Crippen molar-refractivity contribution in [3.8, 4) is 5.75 Å². The van der Waals surface area contributed by atoms with Gasteiger partial charge in [0.2, 0.25) is 0 Å². The van der Waals surface area contributed by atoms with Crippen LogP contribution in [-0.4, -0.2) is 24.7 Å². The van der Waals surface area contributed by atoms with Gasteiger partial charge in [0.15, 0.2) is 6.79 Å². The maximum atomic E-state index is 11.8. The summed E-state index contributed by atoms with van der Waals surface area (Å²) >= 11 is 5.74. The lowest BCUT2D eigenvalue weighted by Gasteiger charge is -2.14. The van der Waals surface area contributed by atoms with Crippen LogP contribution in [0.1, 0.15) is 18.6 Å². The molecular formula is C11H12ClF3O3. The number of alkyl halides is 3. The average molecular weight is 285 g/mol. The van der Waals surface area contributed by atoms with Gasteiger partial charge in [-0.15, -0.1) is 0 Å². The van der Waals surface area contributed by atoms with E-state index in [9.17, 15) is 18.3 Å². The lowest BCUT2D eigenvalue weighted by atomic mass is 10.1. The molecule has 1 N–H and O–H groups in total. The summed E-state index contributed by atoms with van der Waals surface area (Å²) in [7, 11) is 0. The van der Waals surface area contributed by atoms with Gasteiger partial charge in [0.1, 0.15) is 12.4 Å². The van der Waals surface area contributed by atoms with Crippen LogP contribution in [0.2, 0.25) is 5.02 Å². The smallest absolute Gasteiger partial charge is 0.411 e. The van der Waals surface area contributed by atoms with Crippen molar-refractivity contribution in [1.29, 1.82) is 0 Å². The maximum absolute atomic E-state index is 11.8. The SMILES string of the molecule is C[C@H](O)c1cc(Cl)ccc1OCOCC(F)(F)F. The summed E-state index contributed by atoms with van der Waals surface area (Å²) in [5.41, 5.74) is 0.387. The second-order valence-electron chi connectivity index (χ2n) is 3.58. The largest absolute Gasteiger partial charge is 0.467 e. The van der Waals surface area contributed by atoms with Gasteiger partial charge in [-0.1, -0.05) is 11.6 Å². The topological polar surface area (TPSA) is 38.7 Å². The van der Waals surface area contributed by atoms with E-state index in [1.54, 1.807) is 0 Å². The molecule has 0 aromatic heterocycles. The molecule has 7 heteroatoms. The Morgan fingerprint density at radius 2 is 2.06 bits per heavy atom. The van der Waals surface area contributed by atoms with Crippen LogP contribution in [0.25, 0.3) is 0 Å². The molecule has 1 aromatic carbocycles. The van der Waals surface area contributed by atoms with Crippen molar-refractivity contribution in [3.63, 3.8) is 0 Å². The molecule has 1 rings (SSSR count). The van der Waals surface area contributed by atoms with Gasteiger partial charge >= 0.3 is 6.18 Å². The minimum absolute atomic E-state index is 0.233. The van der Waals surface area contributed by atoms with Gasteiger partial charge in [0.05, 0.1) is 6.10 Å². The van der Waals surface area contributed by atoms with E-state index >= 15 is 0 Å². The zero-order valence-electron chi connectivity index (χ0n) is 9.50. The standard InChI is InChI=1S/C11H12ClF3O3/c1-7(16)9-4-8(12)2-3-10(9)18-6-17-5-11(13,14)15/h2-4,7,16H,5-6H2,1H3/t7-/m0/s1. The molecule has 0 heterocycles. The lowest BCUT2D eigenvalue weighted by molar-refractivity contribution is -0.186. The highest BCUT2D eigenvalue weighted by Crippen LogP contribution is 2.28. The molecule has 3 nitrogen and oxygen atoms in total. The molecule has 102 valence electrons. The summed E-state index contributed by atoms with van der Waals surface area (Å²) in [4.78, 5) is 0. The van der Waals surface area contributed by atoms with Gasteiger partial charge in [-0.3, -0.25) is 0 Å². The van der Waals surface area contributed by atoms with Crippen LogP contribution in [0.15, 0.2) is 18.2 Å². The van der Waals surface area contributed by atoms with Crippen LogP contribution in [0, 0.1) is 0 Å². The molecule has 0 fully saturated rings. The van der Waals surface area contributed by atoms with Crippen molar-refractivity contribution >= 4 is 11.6 Å². The van der Waals surface area contributed by atoms with Crippen LogP contribution < -0.4 is 4.74 Å². The van der Waals surface area contributed by atoms with Crippen molar-refractivity contribution in [1.82, 2.24) is 0 Å². The van der Waals surface area contributed by atoms with Gasteiger partial charge in [-0.25, -0.2) is 0 Å². The summed E-state index contributed by atoms with van der Waals surface area (Å²) in [6.07, 6.45) is -5.24. The Kier molecular flexibility index (Phi) is 5.25. The van der Waals surface area contributed by atoms with Crippen molar-refractivity contribution in [3.05, 3.63) is 28.8 Å². The molecule has 1 aromatic rings. The molecule has 0 saturated carbocycles. The molecule has 0 bridgehead atoms. The van der Waals surface area contributed by atoms with Gasteiger partial charge in [0.25, 0.3) is 0 Å². The zero-order valence-corrected chi connectivity index (χ0v) is 10.3. The fraction of sp³-hybridized carbons (Fsp3) is 0.455. The number of rotatable bonds is 5. The Morgan fingerprint density at radius 1 is 1.39 bits per heavy atom. The fourth-order valence-corrected chi connectivity index (χ4v) is 1.42. The first kappa shape index (κ1) is 15.1. The summed E-state index contributed by atoms with van der Waals surface area (Å²) in [6, 6.07) is 4.44. The van der Waals surface area contributed by atoms with Crippen LogP contribution in [0.3, 0.4) is 0 Å². The normalized spacial score (nSPS) is 13.4. The van der Waals surface area contributed by atoms with Crippen molar-refractivity contribution in [2.45, 2.75) is 19.2 Å². The van der Waals surface area contributed by atoms with Crippen molar-refractivity contribution in [2.75, 3.05) is 13.4 Å². The molecule has 0 aliphatic heterocycles. The predicted molar refractivity (Wildman–Crippen MR) is 59.6 cm³/mol. The highest BCUT2D eigenvalue weighted by atomic mass is 35.5. The molecule has 1 atom stereocenters. The summed E-state index contributed by atoms with van der Waals surface area (Å²) in [6.45, 7) is -0.444. The van der Waals surface area contributed by atoms with Crippen LogP contribution in [-0.2, 0) is 4.74 Å². The number of hydrogen-bond acceptors (Lipinski definition) is 3. The molecule has 0 spiro atoms. The molecule has 0 saturated heterocycles. The van der Waals surface area contributed by atoms with Gasteiger partial charge in [0, 0.05) is 10.6 Å². The number of aliphatic hydroxyl groups is 1. The first-order valence-corrected chi connectivity index (χ1v) is 5.42. The Labute approximate surface area is 107 Å². The van der Waals surface area contributed by atoms with E-state index in [-0.39, 0.29) is 5.75 Å². The zero-order chi connectivity index (χ0) is 13.8. The van der Waals surface area contributed by atoms with E-state index in [4.69, 9.17) is 16.3 Å². The minimum Gasteiger partial charge on any atom is -0.467 e. The van der Waals surface area contributed by atoms with E-state index in [2.05, 4.69) is 4.74 Å².